The average molecular weight is 329 g/mol. The Morgan fingerprint density at radius 3 is 2.50 bits per heavy atom. The molecule has 24 heavy (non-hydrogen) atoms. The number of hydrogen-bond acceptors (Lipinski definition) is 5. The van der Waals surface area contributed by atoms with Gasteiger partial charge in [0.1, 0.15) is 0 Å². The van der Waals surface area contributed by atoms with Gasteiger partial charge in [0.25, 0.3) is 0 Å². The monoisotopic (exact) mass is 329 g/mol. The van der Waals surface area contributed by atoms with Gasteiger partial charge in [-0.15, -0.1) is 0 Å². The average Bonchev–Trinajstić information content (AvgIpc) is 3.13. The number of carbonyl (C=O) groups excluding carboxylic acids is 2. The summed E-state index contributed by atoms with van der Waals surface area (Å²) >= 11 is 0. The van der Waals surface area contributed by atoms with Gasteiger partial charge < -0.3 is 4.57 Å². The summed E-state index contributed by atoms with van der Waals surface area (Å²) in [6, 6.07) is 7.63. The fraction of sp³-hybridized carbons (Fsp3) is 0.250. The Bertz CT molecular complexity index is 680. The van der Waals surface area contributed by atoms with Crippen LogP contribution in [-0.2, 0) is 9.59 Å². The molecule has 126 valence electrons. The first-order valence-corrected chi connectivity index (χ1v) is 7.52. The van der Waals surface area contributed by atoms with Crippen LogP contribution < -0.4 is 10.9 Å². The number of hydroxylamine groups is 1. The molecule has 8 heteroatoms. The molecular formula is C16H19N5O3. The molecule has 2 rings (SSSR count). The van der Waals surface area contributed by atoms with Crippen molar-refractivity contribution in [1.29, 1.82) is 0 Å². The van der Waals surface area contributed by atoms with E-state index in [2.05, 4.69) is 15.5 Å². The molecule has 0 saturated carbocycles. The maximum atomic E-state index is 11.6. The summed E-state index contributed by atoms with van der Waals surface area (Å²) in [6.45, 7) is 0. The minimum absolute atomic E-state index is 0.191. The van der Waals surface area contributed by atoms with Crippen molar-refractivity contribution in [2.45, 2.75) is 25.7 Å². The molecule has 8 nitrogen and oxygen atoms in total. The number of carbonyl (C=O) groups is 2. The Hall–Kier alpha value is -3.00. The first kappa shape index (κ1) is 17.4. The number of nitrogens with one attached hydrogen (secondary N) is 2. The molecule has 0 saturated heterocycles. The van der Waals surface area contributed by atoms with Crippen molar-refractivity contribution < 1.29 is 14.8 Å². The van der Waals surface area contributed by atoms with Crippen LogP contribution in [0.1, 0.15) is 31.2 Å². The van der Waals surface area contributed by atoms with Gasteiger partial charge in [0.05, 0.1) is 12.5 Å². The van der Waals surface area contributed by atoms with Crippen LogP contribution in [0.4, 0.5) is 0 Å². The van der Waals surface area contributed by atoms with Crippen LogP contribution in [0.15, 0.2) is 48.1 Å². The van der Waals surface area contributed by atoms with Gasteiger partial charge in [0, 0.05) is 30.9 Å². The number of benzene rings is 1. The molecule has 0 bridgehead atoms. The molecule has 2 aromatic rings. The highest BCUT2D eigenvalue weighted by Gasteiger charge is 2.02. The normalized spacial score (nSPS) is 10.7. The topological polar surface area (TPSA) is 109 Å². The number of aromatic nitrogens is 2. The number of hydrazone groups is 1. The fourth-order valence-electron chi connectivity index (χ4n) is 2.01. The zero-order valence-electron chi connectivity index (χ0n) is 13.1. The number of imidazole rings is 1. The molecule has 2 amide bonds. The number of hydrogen-bond donors (Lipinski definition) is 3. The standard InChI is InChI=1S/C16H19N5O3/c22-15(3-1-2-4-16(23)20-24)19-18-11-13-5-7-14(8-6-13)21-10-9-17-12-21/h5-12,24H,1-4H2,(H,19,22)(H,20,23)/b18-11+. The minimum atomic E-state index is -0.451. The van der Waals surface area contributed by atoms with Crippen molar-refractivity contribution in [3.63, 3.8) is 0 Å². The Morgan fingerprint density at radius 2 is 1.88 bits per heavy atom. The quantitative estimate of drug-likeness (QED) is 0.294. The van der Waals surface area contributed by atoms with Gasteiger partial charge in [-0.05, 0) is 30.5 Å². The number of nitrogens with zero attached hydrogens (tertiary/aromatic N) is 3. The second-order valence-electron chi connectivity index (χ2n) is 5.10. The molecule has 1 aromatic carbocycles. The second-order valence-corrected chi connectivity index (χ2v) is 5.10. The maximum Gasteiger partial charge on any atom is 0.243 e. The first-order valence-electron chi connectivity index (χ1n) is 7.52. The highest BCUT2D eigenvalue weighted by molar-refractivity contribution is 5.82. The third-order valence-electron chi connectivity index (χ3n) is 3.28. The van der Waals surface area contributed by atoms with Crippen molar-refractivity contribution in [2.75, 3.05) is 0 Å². The van der Waals surface area contributed by atoms with Crippen LogP contribution >= 0.6 is 0 Å². The summed E-state index contributed by atoms with van der Waals surface area (Å²) in [4.78, 5) is 26.4. The van der Waals surface area contributed by atoms with E-state index in [4.69, 9.17) is 5.21 Å². The summed E-state index contributed by atoms with van der Waals surface area (Å²) in [5, 5.41) is 12.2. The Morgan fingerprint density at radius 1 is 1.17 bits per heavy atom. The van der Waals surface area contributed by atoms with Gasteiger partial charge in [-0.2, -0.15) is 5.10 Å². The molecule has 3 N–H and O–H groups in total. The lowest BCUT2D eigenvalue weighted by Gasteiger charge is -2.02. The highest BCUT2D eigenvalue weighted by atomic mass is 16.5. The SMILES string of the molecule is O=C(CCCCC(=O)N/N=C/c1ccc(-n2ccnc2)cc1)NO. The Kier molecular flexibility index (Phi) is 6.66. The molecule has 0 aliphatic rings. The Labute approximate surface area is 139 Å². The number of rotatable bonds is 8. The van der Waals surface area contributed by atoms with E-state index in [0.29, 0.717) is 12.8 Å². The van der Waals surface area contributed by atoms with Crippen LogP contribution in [0, 0.1) is 0 Å². The zero-order chi connectivity index (χ0) is 17.2. The number of unbranched alkanes of at least 4 members (excludes halogenated alkanes) is 1. The fourth-order valence-corrected chi connectivity index (χ4v) is 2.01. The van der Waals surface area contributed by atoms with Crippen molar-refractivity contribution in [3.8, 4) is 5.69 Å². The highest BCUT2D eigenvalue weighted by Crippen LogP contribution is 2.07. The molecule has 0 aliphatic heterocycles. The molecule has 1 aromatic heterocycles. The summed E-state index contributed by atoms with van der Waals surface area (Å²) in [6.07, 6.45) is 8.39. The van der Waals surface area contributed by atoms with Crippen molar-refractivity contribution in [3.05, 3.63) is 48.5 Å². The van der Waals surface area contributed by atoms with Crippen LogP contribution in [-0.4, -0.2) is 32.8 Å². The van der Waals surface area contributed by atoms with Gasteiger partial charge in [-0.25, -0.2) is 15.9 Å². The third-order valence-corrected chi connectivity index (χ3v) is 3.28. The number of amides is 2. The van der Waals surface area contributed by atoms with Gasteiger partial charge in [-0.3, -0.25) is 14.8 Å². The lowest BCUT2D eigenvalue weighted by molar-refractivity contribution is -0.129. The van der Waals surface area contributed by atoms with E-state index in [-0.39, 0.29) is 18.7 Å². The van der Waals surface area contributed by atoms with E-state index in [1.807, 2.05) is 35.0 Å². The van der Waals surface area contributed by atoms with Gasteiger partial charge >= 0.3 is 0 Å². The van der Waals surface area contributed by atoms with Crippen LogP contribution in [0.3, 0.4) is 0 Å². The second kappa shape index (κ2) is 9.21. The van der Waals surface area contributed by atoms with E-state index >= 15 is 0 Å². The predicted molar refractivity (Wildman–Crippen MR) is 87.7 cm³/mol. The Balaban J connectivity index is 1.71. The smallest absolute Gasteiger partial charge is 0.243 e. The molecular weight excluding hydrogens is 310 g/mol. The van der Waals surface area contributed by atoms with Crippen molar-refractivity contribution in [1.82, 2.24) is 20.5 Å². The summed E-state index contributed by atoms with van der Waals surface area (Å²) in [5.74, 6) is -0.668. The molecule has 1 heterocycles. The lowest BCUT2D eigenvalue weighted by atomic mass is 10.2. The minimum Gasteiger partial charge on any atom is -0.306 e. The third kappa shape index (κ3) is 5.65. The lowest BCUT2D eigenvalue weighted by Crippen LogP contribution is -2.19. The molecule has 0 aliphatic carbocycles. The van der Waals surface area contributed by atoms with E-state index in [1.54, 1.807) is 24.2 Å². The van der Waals surface area contributed by atoms with E-state index in [9.17, 15) is 9.59 Å². The first-order chi connectivity index (χ1) is 11.7. The van der Waals surface area contributed by atoms with Crippen molar-refractivity contribution >= 4 is 18.0 Å². The molecule has 0 unspecified atom stereocenters. The van der Waals surface area contributed by atoms with Crippen LogP contribution in [0.2, 0.25) is 0 Å². The largest absolute Gasteiger partial charge is 0.306 e. The van der Waals surface area contributed by atoms with Crippen LogP contribution in [0.5, 0.6) is 0 Å². The van der Waals surface area contributed by atoms with E-state index in [0.717, 1.165) is 11.3 Å². The van der Waals surface area contributed by atoms with E-state index in [1.165, 1.54) is 0 Å². The summed E-state index contributed by atoms with van der Waals surface area (Å²) in [7, 11) is 0. The van der Waals surface area contributed by atoms with Gasteiger partial charge in [0.2, 0.25) is 11.8 Å². The van der Waals surface area contributed by atoms with Crippen LogP contribution in [0.25, 0.3) is 5.69 Å². The van der Waals surface area contributed by atoms with Crippen molar-refractivity contribution in [2.24, 2.45) is 5.10 Å². The zero-order valence-corrected chi connectivity index (χ0v) is 13.1. The van der Waals surface area contributed by atoms with E-state index < -0.39 is 5.91 Å². The molecule has 0 spiro atoms. The summed E-state index contributed by atoms with van der Waals surface area (Å²) < 4.78 is 1.89. The summed E-state index contributed by atoms with van der Waals surface area (Å²) in [5.41, 5.74) is 5.84. The predicted octanol–water partition coefficient (Wildman–Crippen LogP) is 1.39. The molecule has 0 radical (unpaired) electrons. The molecule has 0 fully saturated rings. The maximum absolute atomic E-state index is 11.6. The van der Waals surface area contributed by atoms with Gasteiger partial charge in [0.15, 0.2) is 0 Å². The van der Waals surface area contributed by atoms with Gasteiger partial charge in [-0.1, -0.05) is 12.1 Å². The molecule has 0 atom stereocenters.